The van der Waals surface area contributed by atoms with Crippen LogP contribution >= 0.6 is 0 Å². The van der Waals surface area contributed by atoms with Gasteiger partial charge in [-0.2, -0.15) is 0 Å². The van der Waals surface area contributed by atoms with Crippen LogP contribution in [0.1, 0.15) is 52.9 Å². The number of rotatable bonds is 5. The molecule has 0 saturated carbocycles. The fourth-order valence-corrected chi connectivity index (χ4v) is 4.13. The van der Waals surface area contributed by atoms with Gasteiger partial charge in [0.15, 0.2) is 0 Å². The summed E-state index contributed by atoms with van der Waals surface area (Å²) in [4.78, 5) is 17.7. The maximum atomic E-state index is 13.0. The Morgan fingerprint density at radius 3 is 2.19 bits per heavy atom. The van der Waals surface area contributed by atoms with E-state index in [1.807, 2.05) is 0 Å². The summed E-state index contributed by atoms with van der Waals surface area (Å²) in [6.07, 6.45) is 5.30. The lowest BCUT2D eigenvalue weighted by atomic mass is 9.75. The molecule has 0 aliphatic carbocycles. The highest BCUT2D eigenvalue weighted by atomic mass is 16.2. The smallest absolute Gasteiger partial charge is 0.228 e. The topological polar surface area (TPSA) is 35.6 Å². The maximum absolute atomic E-state index is 13.0. The van der Waals surface area contributed by atoms with E-state index in [2.05, 4.69) is 35.9 Å². The minimum absolute atomic E-state index is 0.0761. The Labute approximate surface area is 130 Å². The average Bonchev–Trinajstić information content (AvgIpc) is 2.56. The van der Waals surface area contributed by atoms with E-state index < -0.39 is 0 Å². The van der Waals surface area contributed by atoms with E-state index >= 15 is 0 Å². The summed E-state index contributed by atoms with van der Waals surface area (Å²) in [7, 11) is 0. The third kappa shape index (κ3) is 3.59. The molecule has 1 amide bonds. The molecule has 0 spiro atoms. The summed E-state index contributed by atoms with van der Waals surface area (Å²) in [6, 6.07) is 0.676. The zero-order valence-electron chi connectivity index (χ0n) is 14.2. The number of hydrogen-bond donors (Lipinski definition) is 1. The molecule has 0 aromatic heterocycles. The summed E-state index contributed by atoms with van der Waals surface area (Å²) < 4.78 is 0. The number of likely N-dealkylation sites (tertiary alicyclic amines) is 1. The quantitative estimate of drug-likeness (QED) is 0.844. The van der Waals surface area contributed by atoms with Crippen LogP contribution in [0.2, 0.25) is 0 Å². The molecule has 1 N–H and O–H groups in total. The van der Waals surface area contributed by atoms with Gasteiger partial charge in [0, 0.05) is 19.1 Å². The number of piperidine rings is 2. The zero-order chi connectivity index (χ0) is 15.3. The second kappa shape index (κ2) is 7.59. The Balaban J connectivity index is 1.93. The van der Waals surface area contributed by atoms with Crippen LogP contribution in [0.5, 0.6) is 0 Å². The van der Waals surface area contributed by atoms with E-state index in [1.165, 1.54) is 0 Å². The lowest BCUT2D eigenvalue weighted by molar-refractivity contribution is -0.145. The molecular weight excluding hydrogens is 262 g/mol. The van der Waals surface area contributed by atoms with E-state index in [4.69, 9.17) is 0 Å². The fraction of sp³-hybridized carbons (Fsp3) is 0.941. The van der Waals surface area contributed by atoms with Gasteiger partial charge < -0.3 is 15.1 Å². The highest BCUT2D eigenvalue weighted by molar-refractivity contribution is 5.83. The van der Waals surface area contributed by atoms with Gasteiger partial charge in [-0.25, -0.2) is 0 Å². The molecule has 2 rings (SSSR count). The molecule has 2 aliphatic rings. The van der Waals surface area contributed by atoms with Gasteiger partial charge in [-0.15, -0.1) is 0 Å². The lowest BCUT2D eigenvalue weighted by Crippen LogP contribution is -2.53. The standard InChI is InChI=1S/C17H33N3O/c1-4-17(9-11-18-12-10-17)16(21)20-13-7-15(8-14-20)19(5-2)6-3/h15,18H,4-14H2,1-3H3. The van der Waals surface area contributed by atoms with E-state index in [0.717, 1.165) is 71.4 Å². The van der Waals surface area contributed by atoms with Crippen molar-refractivity contribution in [3.63, 3.8) is 0 Å². The summed E-state index contributed by atoms with van der Waals surface area (Å²) in [5.74, 6) is 0.435. The number of amides is 1. The molecule has 0 aromatic carbocycles. The number of nitrogens with one attached hydrogen (secondary N) is 1. The van der Waals surface area contributed by atoms with Crippen molar-refractivity contribution in [2.75, 3.05) is 39.3 Å². The van der Waals surface area contributed by atoms with Crippen molar-refractivity contribution in [2.45, 2.75) is 58.9 Å². The summed E-state index contributed by atoms with van der Waals surface area (Å²) in [5.41, 5.74) is -0.0761. The van der Waals surface area contributed by atoms with Crippen molar-refractivity contribution < 1.29 is 4.79 Å². The van der Waals surface area contributed by atoms with Crippen molar-refractivity contribution in [2.24, 2.45) is 5.41 Å². The first-order chi connectivity index (χ1) is 10.2. The molecule has 2 fully saturated rings. The molecule has 0 bridgehead atoms. The number of carbonyl (C=O) groups is 1. The molecular formula is C17H33N3O. The van der Waals surface area contributed by atoms with Crippen molar-refractivity contribution in [1.29, 1.82) is 0 Å². The fourth-order valence-electron chi connectivity index (χ4n) is 4.13. The van der Waals surface area contributed by atoms with Gasteiger partial charge in [-0.1, -0.05) is 20.8 Å². The first-order valence-electron chi connectivity index (χ1n) is 8.91. The van der Waals surface area contributed by atoms with Crippen LogP contribution in [-0.4, -0.2) is 61.0 Å². The largest absolute Gasteiger partial charge is 0.342 e. The highest BCUT2D eigenvalue weighted by Gasteiger charge is 2.41. The van der Waals surface area contributed by atoms with E-state index in [-0.39, 0.29) is 5.41 Å². The second-order valence-electron chi connectivity index (χ2n) is 6.63. The summed E-state index contributed by atoms with van der Waals surface area (Å²) in [6.45, 7) is 12.8. The molecule has 0 atom stereocenters. The molecule has 2 heterocycles. The lowest BCUT2D eigenvalue weighted by Gasteiger charge is -2.43. The van der Waals surface area contributed by atoms with E-state index in [1.54, 1.807) is 0 Å². The number of nitrogens with zero attached hydrogens (tertiary/aromatic N) is 2. The minimum Gasteiger partial charge on any atom is -0.342 e. The summed E-state index contributed by atoms with van der Waals surface area (Å²) >= 11 is 0. The van der Waals surface area contributed by atoms with Crippen molar-refractivity contribution in [3.05, 3.63) is 0 Å². The van der Waals surface area contributed by atoms with Gasteiger partial charge in [0.05, 0.1) is 5.41 Å². The first-order valence-corrected chi connectivity index (χ1v) is 8.91. The third-order valence-corrected chi connectivity index (χ3v) is 5.77. The van der Waals surface area contributed by atoms with Gasteiger partial charge in [0.1, 0.15) is 0 Å². The van der Waals surface area contributed by atoms with Crippen LogP contribution in [0.15, 0.2) is 0 Å². The molecule has 0 unspecified atom stereocenters. The Morgan fingerprint density at radius 2 is 1.71 bits per heavy atom. The minimum atomic E-state index is -0.0761. The Kier molecular flexibility index (Phi) is 6.06. The predicted molar refractivity (Wildman–Crippen MR) is 87.4 cm³/mol. The highest BCUT2D eigenvalue weighted by Crippen LogP contribution is 2.35. The molecule has 0 radical (unpaired) electrons. The Hall–Kier alpha value is -0.610. The molecule has 0 aromatic rings. The monoisotopic (exact) mass is 295 g/mol. The van der Waals surface area contributed by atoms with Gasteiger partial charge in [-0.3, -0.25) is 4.79 Å². The van der Waals surface area contributed by atoms with Crippen molar-refractivity contribution in [3.8, 4) is 0 Å². The van der Waals surface area contributed by atoms with Crippen LogP contribution < -0.4 is 5.32 Å². The van der Waals surface area contributed by atoms with Gasteiger partial charge in [-0.05, 0) is 58.3 Å². The first kappa shape index (κ1) is 16.8. The van der Waals surface area contributed by atoms with Crippen LogP contribution in [0.25, 0.3) is 0 Å². The van der Waals surface area contributed by atoms with Crippen molar-refractivity contribution in [1.82, 2.24) is 15.1 Å². The average molecular weight is 295 g/mol. The van der Waals surface area contributed by atoms with Crippen LogP contribution in [0.4, 0.5) is 0 Å². The number of hydrogen-bond acceptors (Lipinski definition) is 3. The predicted octanol–water partition coefficient (Wildman–Crippen LogP) is 2.10. The van der Waals surface area contributed by atoms with Crippen molar-refractivity contribution >= 4 is 5.91 Å². The third-order valence-electron chi connectivity index (χ3n) is 5.77. The molecule has 21 heavy (non-hydrogen) atoms. The SMILES string of the molecule is CCN(CC)C1CCN(C(=O)C2(CC)CCNCC2)CC1. The normalized spacial score (nSPS) is 23.5. The Morgan fingerprint density at radius 1 is 1.14 bits per heavy atom. The molecule has 4 heteroatoms. The van der Waals surface area contributed by atoms with Crippen LogP contribution in [0, 0.1) is 5.41 Å². The number of carbonyl (C=O) groups excluding carboxylic acids is 1. The van der Waals surface area contributed by atoms with Crippen LogP contribution in [0.3, 0.4) is 0 Å². The van der Waals surface area contributed by atoms with Gasteiger partial charge in [0.2, 0.25) is 5.91 Å². The Bertz CT molecular complexity index is 327. The maximum Gasteiger partial charge on any atom is 0.228 e. The molecule has 122 valence electrons. The molecule has 4 nitrogen and oxygen atoms in total. The van der Waals surface area contributed by atoms with E-state index in [0.29, 0.717) is 11.9 Å². The van der Waals surface area contributed by atoms with Gasteiger partial charge in [0.25, 0.3) is 0 Å². The second-order valence-corrected chi connectivity index (χ2v) is 6.63. The molecule has 2 aliphatic heterocycles. The van der Waals surface area contributed by atoms with E-state index in [9.17, 15) is 4.79 Å². The zero-order valence-corrected chi connectivity index (χ0v) is 14.2. The molecule has 2 saturated heterocycles. The van der Waals surface area contributed by atoms with Gasteiger partial charge >= 0.3 is 0 Å². The summed E-state index contributed by atoms with van der Waals surface area (Å²) in [5, 5.41) is 3.39. The van der Waals surface area contributed by atoms with Crippen LogP contribution in [-0.2, 0) is 4.79 Å².